The number of hydrogen-bond acceptors (Lipinski definition) is 3. The van der Waals surface area contributed by atoms with Crippen LogP contribution < -0.4 is 15.4 Å². The molecule has 0 bridgehead atoms. The van der Waals surface area contributed by atoms with Gasteiger partial charge in [-0.3, -0.25) is 10.1 Å². The number of thiocarbonyl (C=S) groups is 1. The molecule has 0 aliphatic rings. The Hall–Kier alpha value is -1.92. The number of halogens is 1. The number of nitrogens with one attached hydrogen (secondary N) is 2. The third kappa shape index (κ3) is 5.32. The average Bonchev–Trinajstić information content (AvgIpc) is 2.56. The lowest BCUT2D eigenvalue weighted by Crippen LogP contribution is -2.38. The molecular formula is C18H19BrN2O2S. The summed E-state index contributed by atoms with van der Waals surface area (Å²) in [6, 6.07) is 13.3. The summed E-state index contributed by atoms with van der Waals surface area (Å²) in [6.07, 6.45) is 0. The molecule has 6 heteroatoms. The smallest absolute Gasteiger partial charge is 0.257 e. The number of hydrogen-bond donors (Lipinski definition) is 2. The maximum atomic E-state index is 12.2. The lowest BCUT2D eigenvalue weighted by molar-refractivity contribution is 0.0976. The Morgan fingerprint density at radius 1 is 1.21 bits per heavy atom. The molecule has 2 aromatic carbocycles. The maximum Gasteiger partial charge on any atom is 0.257 e. The Morgan fingerprint density at radius 3 is 2.54 bits per heavy atom. The van der Waals surface area contributed by atoms with Crippen LogP contribution in [0.3, 0.4) is 0 Å². The van der Waals surface area contributed by atoms with E-state index in [-0.39, 0.29) is 5.91 Å². The summed E-state index contributed by atoms with van der Waals surface area (Å²) in [5, 5.41) is 6.00. The molecule has 126 valence electrons. The topological polar surface area (TPSA) is 50.4 Å². The fraction of sp³-hybridized carbons (Fsp3) is 0.222. The van der Waals surface area contributed by atoms with E-state index in [1.807, 2.05) is 38.1 Å². The van der Waals surface area contributed by atoms with Crippen LogP contribution in [-0.2, 0) is 6.54 Å². The summed E-state index contributed by atoms with van der Waals surface area (Å²) in [5.74, 6) is 0.439. The van der Waals surface area contributed by atoms with Crippen LogP contribution in [0.2, 0.25) is 0 Å². The second kappa shape index (κ2) is 8.80. The van der Waals surface area contributed by atoms with Gasteiger partial charge >= 0.3 is 0 Å². The molecule has 0 aromatic heterocycles. The van der Waals surface area contributed by atoms with Crippen LogP contribution in [0, 0.1) is 6.92 Å². The van der Waals surface area contributed by atoms with Crippen LogP contribution in [0.5, 0.6) is 5.75 Å². The minimum Gasteiger partial charge on any atom is -0.493 e. The van der Waals surface area contributed by atoms with Crippen molar-refractivity contribution in [2.75, 3.05) is 6.61 Å². The van der Waals surface area contributed by atoms with Gasteiger partial charge in [0.15, 0.2) is 5.11 Å². The fourth-order valence-electron chi connectivity index (χ4n) is 2.02. The van der Waals surface area contributed by atoms with Gasteiger partial charge in [-0.2, -0.15) is 0 Å². The van der Waals surface area contributed by atoms with Crippen LogP contribution in [-0.4, -0.2) is 17.6 Å². The summed E-state index contributed by atoms with van der Waals surface area (Å²) >= 11 is 8.57. The van der Waals surface area contributed by atoms with E-state index in [0.29, 0.717) is 29.6 Å². The normalized spacial score (nSPS) is 10.1. The van der Waals surface area contributed by atoms with Crippen molar-refractivity contribution < 1.29 is 9.53 Å². The van der Waals surface area contributed by atoms with Crippen LogP contribution >= 0.6 is 28.1 Å². The van der Waals surface area contributed by atoms with Gasteiger partial charge < -0.3 is 10.1 Å². The zero-order valence-corrected chi connectivity index (χ0v) is 16.0. The summed E-state index contributed by atoms with van der Waals surface area (Å²) in [5.41, 5.74) is 2.81. The van der Waals surface area contributed by atoms with Gasteiger partial charge in [0, 0.05) is 12.1 Å². The lowest BCUT2D eigenvalue weighted by atomic mass is 10.1. The third-order valence-electron chi connectivity index (χ3n) is 3.29. The SMILES string of the molecule is CCOc1ccc(C(=O)NC(=S)NCc2ccc(C)cc2)cc1Br. The van der Waals surface area contributed by atoms with Crippen LogP contribution in [0.25, 0.3) is 0 Å². The largest absolute Gasteiger partial charge is 0.493 e. The number of rotatable bonds is 5. The predicted octanol–water partition coefficient (Wildman–Crippen LogP) is 3.96. The minimum absolute atomic E-state index is 0.264. The second-order valence-electron chi connectivity index (χ2n) is 5.20. The van der Waals surface area contributed by atoms with Crippen LogP contribution in [0.1, 0.15) is 28.4 Å². The zero-order valence-electron chi connectivity index (χ0n) is 13.6. The molecule has 4 nitrogen and oxygen atoms in total. The summed E-state index contributed by atoms with van der Waals surface area (Å²) in [7, 11) is 0. The first kappa shape index (κ1) is 18.4. The molecular weight excluding hydrogens is 388 g/mol. The molecule has 0 saturated carbocycles. The van der Waals surface area contributed by atoms with Crippen molar-refractivity contribution in [1.29, 1.82) is 0 Å². The van der Waals surface area contributed by atoms with Gasteiger partial charge in [-0.05, 0) is 65.8 Å². The van der Waals surface area contributed by atoms with E-state index in [4.69, 9.17) is 17.0 Å². The van der Waals surface area contributed by atoms with Gasteiger partial charge in [0.2, 0.25) is 0 Å². The van der Waals surface area contributed by atoms with Crippen molar-refractivity contribution in [1.82, 2.24) is 10.6 Å². The highest BCUT2D eigenvalue weighted by Gasteiger charge is 2.10. The molecule has 0 unspecified atom stereocenters. The van der Waals surface area contributed by atoms with Gasteiger partial charge in [0.25, 0.3) is 5.91 Å². The Kier molecular flexibility index (Phi) is 6.75. The Labute approximate surface area is 155 Å². The number of ether oxygens (including phenoxy) is 1. The zero-order chi connectivity index (χ0) is 17.5. The van der Waals surface area contributed by atoms with E-state index < -0.39 is 0 Å². The molecule has 0 saturated heterocycles. The highest BCUT2D eigenvalue weighted by Crippen LogP contribution is 2.25. The van der Waals surface area contributed by atoms with Gasteiger partial charge in [0.1, 0.15) is 5.75 Å². The van der Waals surface area contributed by atoms with E-state index >= 15 is 0 Å². The molecule has 0 fully saturated rings. The van der Waals surface area contributed by atoms with E-state index in [9.17, 15) is 4.79 Å². The summed E-state index contributed by atoms with van der Waals surface area (Å²) in [6.45, 7) is 5.08. The highest BCUT2D eigenvalue weighted by molar-refractivity contribution is 9.10. The quantitative estimate of drug-likeness (QED) is 0.737. The highest BCUT2D eigenvalue weighted by atomic mass is 79.9. The molecule has 0 radical (unpaired) electrons. The Bertz CT molecular complexity index is 732. The Morgan fingerprint density at radius 2 is 1.92 bits per heavy atom. The van der Waals surface area contributed by atoms with Crippen LogP contribution in [0.15, 0.2) is 46.9 Å². The van der Waals surface area contributed by atoms with Crippen molar-refractivity contribution in [3.05, 3.63) is 63.6 Å². The van der Waals surface area contributed by atoms with Gasteiger partial charge in [0.05, 0.1) is 11.1 Å². The molecule has 2 N–H and O–H groups in total. The third-order valence-corrected chi connectivity index (χ3v) is 4.16. The molecule has 0 aliphatic carbocycles. The molecule has 0 heterocycles. The van der Waals surface area contributed by atoms with Crippen LogP contribution in [0.4, 0.5) is 0 Å². The number of carbonyl (C=O) groups excluding carboxylic acids is 1. The number of aryl methyl sites for hydroxylation is 1. The van der Waals surface area contributed by atoms with Crippen molar-refractivity contribution in [2.45, 2.75) is 20.4 Å². The molecule has 2 aromatic rings. The summed E-state index contributed by atoms with van der Waals surface area (Å²) in [4.78, 5) is 12.2. The average molecular weight is 407 g/mol. The monoisotopic (exact) mass is 406 g/mol. The molecule has 0 spiro atoms. The first-order valence-electron chi connectivity index (χ1n) is 7.56. The van der Waals surface area contributed by atoms with Crippen molar-refractivity contribution >= 4 is 39.2 Å². The molecule has 0 aliphatic heterocycles. The molecule has 2 rings (SSSR count). The van der Waals surface area contributed by atoms with E-state index in [2.05, 4.69) is 26.6 Å². The van der Waals surface area contributed by atoms with E-state index in [1.165, 1.54) is 5.56 Å². The number of carbonyl (C=O) groups is 1. The van der Waals surface area contributed by atoms with E-state index in [1.54, 1.807) is 18.2 Å². The number of benzene rings is 2. The predicted molar refractivity (Wildman–Crippen MR) is 103 cm³/mol. The summed E-state index contributed by atoms with van der Waals surface area (Å²) < 4.78 is 6.16. The van der Waals surface area contributed by atoms with Crippen molar-refractivity contribution in [2.24, 2.45) is 0 Å². The van der Waals surface area contributed by atoms with Crippen molar-refractivity contribution in [3.63, 3.8) is 0 Å². The molecule has 1 amide bonds. The fourth-order valence-corrected chi connectivity index (χ4v) is 2.68. The maximum absolute atomic E-state index is 12.2. The first-order valence-corrected chi connectivity index (χ1v) is 8.76. The standard InChI is InChI=1S/C18H19BrN2O2S/c1-3-23-16-9-8-14(10-15(16)19)17(22)21-18(24)20-11-13-6-4-12(2)5-7-13/h4-10H,3,11H2,1-2H3,(H2,20,21,22,24). The lowest BCUT2D eigenvalue weighted by Gasteiger charge is -2.11. The number of amides is 1. The van der Waals surface area contributed by atoms with Gasteiger partial charge in [-0.1, -0.05) is 29.8 Å². The minimum atomic E-state index is -0.264. The van der Waals surface area contributed by atoms with Gasteiger partial charge in [-0.15, -0.1) is 0 Å². The van der Waals surface area contributed by atoms with Gasteiger partial charge in [-0.25, -0.2) is 0 Å². The Balaban J connectivity index is 1.90. The first-order chi connectivity index (χ1) is 11.5. The molecule has 0 atom stereocenters. The van der Waals surface area contributed by atoms with E-state index in [0.717, 1.165) is 10.0 Å². The second-order valence-corrected chi connectivity index (χ2v) is 6.46. The van der Waals surface area contributed by atoms with Crippen molar-refractivity contribution in [3.8, 4) is 5.75 Å². The molecule has 24 heavy (non-hydrogen) atoms.